The fraction of sp³-hybridized carbons (Fsp3) is 0.800. The second kappa shape index (κ2) is 8.08. The van der Waals surface area contributed by atoms with Gasteiger partial charge in [-0.3, -0.25) is 4.90 Å². The number of rotatable bonds is 7. The lowest BCUT2D eigenvalue weighted by Gasteiger charge is -2.39. The molecule has 1 atom stereocenters. The van der Waals surface area contributed by atoms with E-state index in [2.05, 4.69) is 36.0 Å². The van der Waals surface area contributed by atoms with Crippen LogP contribution in [-0.2, 0) is 11.3 Å². The zero-order valence-corrected chi connectivity index (χ0v) is 14.5. The molecule has 1 saturated heterocycles. The minimum Gasteiger partial charge on any atom is -0.383 e. The minimum absolute atomic E-state index is 0.645. The van der Waals surface area contributed by atoms with Gasteiger partial charge in [-0.25, -0.2) is 4.98 Å². The van der Waals surface area contributed by atoms with Gasteiger partial charge in [-0.1, -0.05) is 6.92 Å². The summed E-state index contributed by atoms with van der Waals surface area (Å²) in [5.74, 6) is 0. The van der Waals surface area contributed by atoms with E-state index >= 15 is 0 Å². The first-order chi connectivity index (χ1) is 10.2. The van der Waals surface area contributed by atoms with Crippen molar-refractivity contribution in [3.63, 3.8) is 0 Å². The van der Waals surface area contributed by atoms with Gasteiger partial charge in [0.15, 0.2) is 5.13 Å². The number of hydrogen-bond acceptors (Lipinski definition) is 6. The van der Waals surface area contributed by atoms with Crippen LogP contribution in [0.2, 0.25) is 0 Å². The average molecular weight is 312 g/mol. The van der Waals surface area contributed by atoms with Gasteiger partial charge >= 0.3 is 0 Å². The van der Waals surface area contributed by atoms with Crippen LogP contribution in [0.3, 0.4) is 0 Å². The van der Waals surface area contributed by atoms with Crippen LogP contribution in [0, 0.1) is 6.92 Å². The van der Waals surface area contributed by atoms with E-state index in [0.29, 0.717) is 6.04 Å². The summed E-state index contributed by atoms with van der Waals surface area (Å²) < 4.78 is 5.06. The molecule has 1 aliphatic rings. The molecular formula is C15H28N4OS. The van der Waals surface area contributed by atoms with Crippen LogP contribution in [0.4, 0.5) is 5.13 Å². The number of thiazole rings is 1. The number of piperazine rings is 1. The van der Waals surface area contributed by atoms with Crippen LogP contribution in [0.5, 0.6) is 0 Å². The second-order valence-electron chi connectivity index (χ2n) is 5.66. The van der Waals surface area contributed by atoms with Gasteiger partial charge in [0.25, 0.3) is 0 Å². The molecule has 1 aromatic heterocycles. The standard InChI is InChI=1S/C15H28N4OS/c1-5-13-11-19(8-7-18(13)3)15-17-12(2)14(21-15)10-16-6-9-20-4/h13,16H,5-11H2,1-4H3. The van der Waals surface area contributed by atoms with E-state index in [1.54, 1.807) is 7.11 Å². The Balaban J connectivity index is 1.94. The Kier molecular flexibility index (Phi) is 6.41. The SMILES string of the molecule is CCC1CN(c2nc(C)c(CNCCOC)s2)CCN1C. The van der Waals surface area contributed by atoms with Gasteiger partial charge in [0.05, 0.1) is 12.3 Å². The summed E-state index contributed by atoms with van der Waals surface area (Å²) in [7, 11) is 3.96. The molecule has 5 nitrogen and oxygen atoms in total. The summed E-state index contributed by atoms with van der Waals surface area (Å²) in [4.78, 5) is 11.0. The Morgan fingerprint density at radius 3 is 2.95 bits per heavy atom. The number of aromatic nitrogens is 1. The fourth-order valence-electron chi connectivity index (χ4n) is 2.65. The molecule has 0 radical (unpaired) electrons. The Hall–Kier alpha value is -0.690. The van der Waals surface area contributed by atoms with E-state index < -0.39 is 0 Å². The molecule has 1 N–H and O–H groups in total. The lowest BCUT2D eigenvalue weighted by Crippen LogP contribution is -2.51. The molecule has 1 aliphatic heterocycles. The van der Waals surface area contributed by atoms with Gasteiger partial charge in [0.2, 0.25) is 0 Å². The quantitative estimate of drug-likeness (QED) is 0.776. The maximum absolute atomic E-state index is 5.06. The Morgan fingerprint density at radius 2 is 2.24 bits per heavy atom. The molecule has 1 unspecified atom stereocenters. The molecule has 0 bridgehead atoms. The largest absolute Gasteiger partial charge is 0.383 e. The molecule has 0 saturated carbocycles. The van der Waals surface area contributed by atoms with E-state index in [4.69, 9.17) is 9.72 Å². The summed E-state index contributed by atoms with van der Waals surface area (Å²) >= 11 is 1.83. The van der Waals surface area contributed by atoms with Crippen LogP contribution in [-0.4, -0.2) is 62.9 Å². The number of aryl methyl sites for hydroxylation is 1. The fourth-order valence-corrected chi connectivity index (χ4v) is 3.71. The maximum atomic E-state index is 5.06. The van der Waals surface area contributed by atoms with E-state index in [0.717, 1.165) is 45.0 Å². The number of hydrogen-bond donors (Lipinski definition) is 1. The van der Waals surface area contributed by atoms with E-state index in [1.807, 2.05) is 11.3 Å². The van der Waals surface area contributed by atoms with Gasteiger partial charge in [-0.2, -0.15) is 0 Å². The molecule has 6 heteroatoms. The first-order valence-electron chi connectivity index (χ1n) is 7.76. The Morgan fingerprint density at radius 1 is 1.43 bits per heavy atom. The third kappa shape index (κ3) is 4.39. The van der Waals surface area contributed by atoms with Crippen molar-refractivity contribution in [1.82, 2.24) is 15.2 Å². The highest BCUT2D eigenvalue weighted by Crippen LogP contribution is 2.28. The van der Waals surface area contributed by atoms with E-state index in [9.17, 15) is 0 Å². The second-order valence-corrected chi connectivity index (χ2v) is 6.73. The van der Waals surface area contributed by atoms with Gasteiger partial charge < -0.3 is 15.0 Å². The Bertz CT molecular complexity index is 437. The van der Waals surface area contributed by atoms with Crippen molar-refractivity contribution in [2.75, 3.05) is 51.8 Å². The van der Waals surface area contributed by atoms with Crippen LogP contribution in [0.1, 0.15) is 23.9 Å². The summed E-state index contributed by atoms with van der Waals surface area (Å²) in [6, 6.07) is 0.645. The summed E-state index contributed by atoms with van der Waals surface area (Å²) in [5, 5.41) is 4.59. The number of anilines is 1. The summed E-state index contributed by atoms with van der Waals surface area (Å²) in [6.45, 7) is 10.2. The predicted molar refractivity (Wildman–Crippen MR) is 89.4 cm³/mol. The minimum atomic E-state index is 0.645. The summed E-state index contributed by atoms with van der Waals surface area (Å²) in [5.41, 5.74) is 1.16. The number of likely N-dealkylation sites (N-methyl/N-ethyl adjacent to an activating group) is 1. The molecular weight excluding hydrogens is 284 g/mol. The maximum Gasteiger partial charge on any atom is 0.185 e. The van der Waals surface area contributed by atoms with Gasteiger partial charge in [0, 0.05) is 50.8 Å². The van der Waals surface area contributed by atoms with Crippen molar-refractivity contribution in [2.45, 2.75) is 32.9 Å². The van der Waals surface area contributed by atoms with Crippen LogP contribution < -0.4 is 10.2 Å². The van der Waals surface area contributed by atoms with Gasteiger partial charge in [0.1, 0.15) is 0 Å². The molecule has 21 heavy (non-hydrogen) atoms. The molecule has 0 aromatic carbocycles. The summed E-state index contributed by atoms with van der Waals surface area (Å²) in [6.07, 6.45) is 1.20. The van der Waals surface area contributed by atoms with Crippen molar-refractivity contribution in [3.8, 4) is 0 Å². The monoisotopic (exact) mass is 312 g/mol. The van der Waals surface area contributed by atoms with Gasteiger partial charge in [-0.05, 0) is 20.4 Å². The topological polar surface area (TPSA) is 40.6 Å². The molecule has 0 amide bonds. The van der Waals surface area contributed by atoms with E-state index in [1.165, 1.54) is 16.4 Å². The highest BCUT2D eigenvalue weighted by Gasteiger charge is 2.25. The van der Waals surface area contributed by atoms with Crippen molar-refractivity contribution < 1.29 is 4.74 Å². The third-order valence-corrected chi connectivity index (χ3v) is 5.39. The number of ether oxygens (including phenoxy) is 1. The van der Waals surface area contributed by atoms with Crippen LogP contribution in [0.15, 0.2) is 0 Å². The zero-order valence-electron chi connectivity index (χ0n) is 13.7. The molecule has 2 heterocycles. The molecule has 120 valence electrons. The normalized spacial score (nSPS) is 20.2. The number of methoxy groups -OCH3 is 1. The third-order valence-electron chi connectivity index (χ3n) is 4.17. The first kappa shape index (κ1) is 16.7. The van der Waals surface area contributed by atoms with E-state index in [-0.39, 0.29) is 0 Å². The molecule has 1 aromatic rings. The molecule has 0 spiro atoms. The number of nitrogens with zero attached hydrogens (tertiary/aromatic N) is 3. The molecule has 2 rings (SSSR count). The van der Waals surface area contributed by atoms with Gasteiger partial charge in [-0.15, -0.1) is 11.3 Å². The number of nitrogens with one attached hydrogen (secondary N) is 1. The van der Waals surface area contributed by atoms with Crippen molar-refractivity contribution in [3.05, 3.63) is 10.6 Å². The highest BCUT2D eigenvalue weighted by molar-refractivity contribution is 7.15. The molecule has 1 fully saturated rings. The molecule has 0 aliphatic carbocycles. The highest BCUT2D eigenvalue weighted by atomic mass is 32.1. The predicted octanol–water partition coefficient (Wildman–Crippen LogP) is 1.72. The lowest BCUT2D eigenvalue weighted by molar-refractivity contribution is 0.199. The van der Waals surface area contributed by atoms with Crippen molar-refractivity contribution in [1.29, 1.82) is 0 Å². The first-order valence-corrected chi connectivity index (χ1v) is 8.58. The van der Waals surface area contributed by atoms with Crippen molar-refractivity contribution in [2.24, 2.45) is 0 Å². The van der Waals surface area contributed by atoms with Crippen LogP contribution in [0.25, 0.3) is 0 Å². The Labute approximate surface area is 132 Å². The zero-order chi connectivity index (χ0) is 15.2. The van der Waals surface area contributed by atoms with Crippen molar-refractivity contribution >= 4 is 16.5 Å². The smallest absolute Gasteiger partial charge is 0.185 e. The lowest BCUT2D eigenvalue weighted by atomic mass is 10.1. The van der Waals surface area contributed by atoms with Crippen LogP contribution >= 0.6 is 11.3 Å². The average Bonchev–Trinajstić information content (AvgIpc) is 2.85.